The van der Waals surface area contributed by atoms with E-state index >= 15 is 0 Å². The molecule has 0 saturated carbocycles. The summed E-state index contributed by atoms with van der Waals surface area (Å²) in [5.74, 6) is 1.64. The van der Waals surface area contributed by atoms with Gasteiger partial charge in [0.05, 0.1) is 22.5 Å². The van der Waals surface area contributed by atoms with Crippen molar-refractivity contribution in [3.63, 3.8) is 0 Å². The number of hydrogen-bond donors (Lipinski definition) is 1. The van der Waals surface area contributed by atoms with Gasteiger partial charge in [-0.2, -0.15) is 0 Å². The van der Waals surface area contributed by atoms with E-state index in [0.29, 0.717) is 6.54 Å². The van der Waals surface area contributed by atoms with Crippen molar-refractivity contribution >= 4 is 27.4 Å². The largest absolute Gasteiger partial charge is 0.361 e. The van der Waals surface area contributed by atoms with Crippen LogP contribution in [-0.2, 0) is 6.54 Å². The maximum Gasteiger partial charge on any atom is 0.156 e. The van der Waals surface area contributed by atoms with Crippen LogP contribution in [0.15, 0.2) is 22.3 Å². The summed E-state index contributed by atoms with van der Waals surface area (Å²) in [6.07, 6.45) is 1.58. The van der Waals surface area contributed by atoms with Crippen molar-refractivity contribution in [2.75, 3.05) is 5.32 Å². The van der Waals surface area contributed by atoms with E-state index in [1.54, 1.807) is 17.7 Å². The predicted molar refractivity (Wildman–Crippen MR) is 70.7 cm³/mol. The van der Waals surface area contributed by atoms with Crippen molar-refractivity contribution in [3.8, 4) is 0 Å². The summed E-state index contributed by atoms with van der Waals surface area (Å²) in [5, 5.41) is 9.19. The molecule has 1 N–H and O–H groups in total. The molecule has 0 fully saturated rings. The summed E-state index contributed by atoms with van der Waals surface area (Å²) in [6.45, 7) is 4.53. The highest BCUT2D eigenvalue weighted by atomic mass is 32.1. The van der Waals surface area contributed by atoms with Crippen molar-refractivity contribution in [2.24, 2.45) is 0 Å². The first-order valence-corrected chi connectivity index (χ1v) is 6.47. The molecule has 5 nitrogen and oxygen atoms in total. The first-order valence-electron chi connectivity index (χ1n) is 5.59. The molecule has 0 atom stereocenters. The van der Waals surface area contributed by atoms with Gasteiger partial charge in [0.1, 0.15) is 12.1 Å². The van der Waals surface area contributed by atoms with Gasteiger partial charge < -0.3 is 9.84 Å². The molecule has 6 heteroatoms. The van der Waals surface area contributed by atoms with Crippen LogP contribution in [0, 0.1) is 13.8 Å². The lowest BCUT2D eigenvalue weighted by Crippen LogP contribution is -2.00. The molecular weight excluding hydrogens is 248 g/mol. The molecule has 0 saturated heterocycles. The molecule has 92 valence electrons. The average molecular weight is 260 g/mol. The van der Waals surface area contributed by atoms with E-state index in [1.165, 1.54) is 5.56 Å². The van der Waals surface area contributed by atoms with Crippen molar-refractivity contribution < 1.29 is 4.52 Å². The lowest BCUT2D eigenvalue weighted by atomic mass is 10.3. The molecule has 3 rings (SSSR count). The Bertz CT molecular complexity index is 688. The number of nitrogens with one attached hydrogen (secondary N) is 1. The molecule has 0 spiro atoms. The zero-order valence-electron chi connectivity index (χ0n) is 10.1. The summed E-state index contributed by atoms with van der Waals surface area (Å²) in [5.41, 5.74) is 3.06. The summed E-state index contributed by atoms with van der Waals surface area (Å²) >= 11 is 1.65. The molecular formula is C12H12N4OS. The Morgan fingerprint density at radius 2 is 2.22 bits per heavy atom. The van der Waals surface area contributed by atoms with Gasteiger partial charge in [0.25, 0.3) is 0 Å². The van der Waals surface area contributed by atoms with Crippen LogP contribution in [0.5, 0.6) is 0 Å². The minimum Gasteiger partial charge on any atom is -0.361 e. The van der Waals surface area contributed by atoms with Crippen LogP contribution >= 0.6 is 11.3 Å². The van der Waals surface area contributed by atoms with Gasteiger partial charge in [-0.1, -0.05) is 5.16 Å². The highest BCUT2D eigenvalue weighted by molar-refractivity contribution is 7.18. The molecule has 3 aromatic rings. The Labute approximate surface area is 108 Å². The Hall–Kier alpha value is -1.95. The maximum absolute atomic E-state index is 5.15. The number of hydrogen-bond acceptors (Lipinski definition) is 6. The van der Waals surface area contributed by atoms with Crippen molar-refractivity contribution in [1.29, 1.82) is 0 Å². The number of anilines is 1. The van der Waals surface area contributed by atoms with Crippen molar-refractivity contribution in [3.05, 3.63) is 34.8 Å². The average Bonchev–Trinajstić information content (AvgIpc) is 2.94. The molecule has 0 amide bonds. The topological polar surface area (TPSA) is 63.8 Å². The second-order valence-electron chi connectivity index (χ2n) is 4.11. The fourth-order valence-electron chi connectivity index (χ4n) is 1.77. The van der Waals surface area contributed by atoms with Gasteiger partial charge in [-0.25, -0.2) is 9.97 Å². The van der Waals surface area contributed by atoms with Gasteiger partial charge in [-0.3, -0.25) is 0 Å². The number of fused-ring (bicyclic) bond motifs is 1. The Morgan fingerprint density at radius 3 is 3.00 bits per heavy atom. The zero-order valence-corrected chi connectivity index (χ0v) is 10.9. The van der Waals surface area contributed by atoms with Crippen LogP contribution in [0.1, 0.15) is 17.0 Å². The van der Waals surface area contributed by atoms with Crippen LogP contribution in [0.3, 0.4) is 0 Å². The van der Waals surface area contributed by atoms with E-state index in [0.717, 1.165) is 27.5 Å². The van der Waals surface area contributed by atoms with Gasteiger partial charge in [0.2, 0.25) is 0 Å². The standard InChI is InChI=1S/C12H12N4OS/c1-7-5-18-11-10(7)14-6-15-12(11)13-4-9-3-8(2)16-17-9/h3,5-6H,4H2,1-2H3,(H,13,14,15). The fraction of sp³-hybridized carbons (Fsp3) is 0.250. The quantitative estimate of drug-likeness (QED) is 0.784. The normalized spacial score (nSPS) is 11.0. The Kier molecular flexibility index (Phi) is 2.71. The van der Waals surface area contributed by atoms with Gasteiger partial charge in [0.15, 0.2) is 5.76 Å². The zero-order chi connectivity index (χ0) is 12.5. The lowest BCUT2D eigenvalue weighted by Gasteiger charge is -2.03. The highest BCUT2D eigenvalue weighted by Gasteiger charge is 2.08. The molecule has 18 heavy (non-hydrogen) atoms. The molecule has 0 aliphatic carbocycles. The minimum atomic E-state index is 0.573. The molecule has 0 aliphatic heterocycles. The molecule has 3 heterocycles. The Balaban J connectivity index is 1.86. The van der Waals surface area contributed by atoms with Gasteiger partial charge >= 0.3 is 0 Å². The number of thiophene rings is 1. The fourth-order valence-corrected chi connectivity index (χ4v) is 2.73. The first kappa shape index (κ1) is 11.2. The number of nitrogens with zero attached hydrogens (tertiary/aromatic N) is 3. The molecule has 0 aromatic carbocycles. The third-order valence-corrected chi connectivity index (χ3v) is 3.73. The van der Waals surface area contributed by atoms with Gasteiger partial charge in [0, 0.05) is 6.07 Å². The van der Waals surface area contributed by atoms with Gasteiger partial charge in [-0.15, -0.1) is 11.3 Å². The summed E-state index contributed by atoms with van der Waals surface area (Å²) in [4.78, 5) is 8.55. The molecule has 0 aliphatic rings. The highest BCUT2D eigenvalue weighted by Crippen LogP contribution is 2.28. The van der Waals surface area contributed by atoms with Crippen molar-refractivity contribution in [1.82, 2.24) is 15.1 Å². The second kappa shape index (κ2) is 4.38. The van der Waals surface area contributed by atoms with E-state index in [9.17, 15) is 0 Å². The molecule has 0 radical (unpaired) electrons. The molecule has 0 unspecified atom stereocenters. The van der Waals surface area contributed by atoms with Crippen LogP contribution in [0.4, 0.5) is 5.82 Å². The number of rotatable bonds is 3. The molecule has 3 aromatic heterocycles. The SMILES string of the molecule is Cc1cc(CNc2ncnc3c(C)csc23)on1. The summed E-state index contributed by atoms with van der Waals surface area (Å²) < 4.78 is 6.23. The van der Waals surface area contributed by atoms with Crippen LogP contribution < -0.4 is 5.32 Å². The number of aromatic nitrogens is 3. The van der Waals surface area contributed by atoms with Gasteiger partial charge in [-0.05, 0) is 24.8 Å². The lowest BCUT2D eigenvalue weighted by molar-refractivity contribution is 0.384. The molecule has 0 bridgehead atoms. The van der Waals surface area contributed by atoms with E-state index in [-0.39, 0.29) is 0 Å². The monoisotopic (exact) mass is 260 g/mol. The number of aryl methyl sites for hydroxylation is 2. The first-order chi connectivity index (χ1) is 8.74. The smallest absolute Gasteiger partial charge is 0.156 e. The third kappa shape index (κ3) is 1.95. The maximum atomic E-state index is 5.15. The second-order valence-corrected chi connectivity index (χ2v) is 4.99. The van der Waals surface area contributed by atoms with E-state index in [2.05, 4.69) is 32.7 Å². The van der Waals surface area contributed by atoms with Crippen LogP contribution in [-0.4, -0.2) is 15.1 Å². The van der Waals surface area contributed by atoms with Crippen LogP contribution in [0.25, 0.3) is 10.2 Å². The van der Waals surface area contributed by atoms with Crippen molar-refractivity contribution in [2.45, 2.75) is 20.4 Å². The Morgan fingerprint density at radius 1 is 1.33 bits per heavy atom. The summed E-state index contributed by atoms with van der Waals surface area (Å²) in [6, 6.07) is 1.91. The minimum absolute atomic E-state index is 0.573. The van der Waals surface area contributed by atoms with E-state index in [1.807, 2.05) is 13.0 Å². The third-order valence-electron chi connectivity index (χ3n) is 2.64. The van der Waals surface area contributed by atoms with E-state index in [4.69, 9.17) is 4.52 Å². The van der Waals surface area contributed by atoms with Crippen LogP contribution in [0.2, 0.25) is 0 Å². The summed E-state index contributed by atoms with van der Waals surface area (Å²) in [7, 11) is 0. The van der Waals surface area contributed by atoms with E-state index < -0.39 is 0 Å². The predicted octanol–water partition coefficient (Wildman–Crippen LogP) is 2.91.